The van der Waals surface area contributed by atoms with Gasteiger partial charge in [-0.25, -0.2) is 21.8 Å². The van der Waals surface area contributed by atoms with Gasteiger partial charge in [-0.05, 0) is 49.2 Å². The average molecular weight is 558 g/mol. The van der Waals surface area contributed by atoms with E-state index in [4.69, 9.17) is 10.3 Å². The Balaban J connectivity index is 1.39. The van der Waals surface area contributed by atoms with Crippen LogP contribution in [0, 0.1) is 23.7 Å². The van der Waals surface area contributed by atoms with Gasteiger partial charge in [0.1, 0.15) is 11.1 Å². The summed E-state index contributed by atoms with van der Waals surface area (Å²) in [7, 11) is -8.05. The number of rotatable bonds is 5. The molecule has 8 rings (SSSR count). The Morgan fingerprint density at radius 2 is 1.15 bits per heavy atom. The molecule has 0 amide bonds. The molecule has 1 aliphatic heterocycles. The molecule has 7 nitrogen and oxygen atoms in total. The highest BCUT2D eigenvalue weighted by Gasteiger charge is 2.87. The number of anilines is 1. The number of para-hydroxylation sites is 1. The topological polar surface area (TPSA) is 96.2 Å². The standard InChI is InChI=1S/C30H27N3O4S2/c34-38(35,23-12-6-2-7-13-23)27-25-19-26(28(27)39(36,37)24-14-8-3-9-15-24)30-21-17-16-20(18-21)29(25,30)31-32-33(30)22-10-4-1-5-11-22/h1-17,20-21,25-28H,18-19H2/t20-,21-,25+,26-,27+,28-,29-,30-/m0/s1. The van der Waals surface area contributed by atoms with Crippen molar-refractivity contribution in [1.82, 2.24) is 0 Å². The van der Waals surface area contributed by atoms with Gasteiger partial charge in [-0.2, -0.15) is 5.11 Å². The van der Waals surface area contributed by atoms with Crippen molar-refractivity contribution in [1.29, 1.82) is 0 Å². The second kappa shape index (κ2) is 7.67. The van der Waals surface area contributed by atoms with Gasteiger partial charge in [-0.1, -0.05) is 72.0 Å². The average Bonchev–Trinajstić information content (AvgIpc) is 3.76. The van der Waals surface area contributed by atoms with E-state index < -0.39 is 53.1 Å². The highest BCUT2D eigenvalue weighted by atomic mass is 32.2. The van der Waals surface area contributed by atoms with E-state index >= 15 is 0 Å². The molecule has 3 fully saturated rings. The molecule has 4 bridgehead atoms. The van der Waals surface area contributed by atoms with Crippen molar-refractivity contribution < 1.29 is 16.8 Å². The fourth-order valence-electron chi connectivity index (χ4n) is 9.01. The summed E-state index contributed by atoms with van der Waals surface area (Å²) >= 11 is 0. The van der Waals surface area contributed by atoms with Crippen LogP contribution < -0.4 is 5.01 Å². The molecule has 3 saturated carbocycles. The number of hydrogen-bond acceptors (Lipinski definition) is 7. The first kappa shape index (κ1) is 23.6. The fraction of sp³-hybridized carbons (Fsp3) is 0.333. The Bertz CT molecular complexity index is 1750. The smallest absolute Gasteiger partial charge is 0.182 e. The Labute approximate surface area is 228 Å². The van der Waals surface area contributed by atoms with E-state index in [1.54, 1.807) is 60.7 Å². The van der Waals surface area contributed by atoms with E-state index in [0.29, 0.717) is 6.42 Å². The molecule has 0 spiro atoms. The van der Waals surface area contributed by atoms with Crippen LogP contribution in [0.5, 0.6) is 0 Å². The van der Waals surface area contributed by atoms with Crippen LogP contribution in [0.25, 0.3) is 0 Å². The van der Waals surface area contributed by atoms with Crippen LogP contribution >= 0.6 is 0 Å². The molecule has 8 atom stereocenters. The van der Waals surface area contributed by atoms with Gasteiger partial charge in [0.25, 0.3) is 0 Å². The van der Waals surface area contributed by atoms with Crippen LogP contribution in [-0.4, -0.2) is 38.4 Å². The van der Waals surface area contributed by atoms with E-state index in [9.17, 15) is 16.8 Å². The van der Waals surface area contributed by atoms with Gasteiger partial charge >= 0.3 is 0 Å². The highest BCUT2D eigenvalue weighted by Crippen LogP contribution is 2.77. The molecular formula is C30H27N3O4S2. The van der Waals surface area contributed by atoms with Crippen molar-refractivity contribution in [2.75, 3.05) is 5.01 Å². The molecule has 3 aromatic carbocycles. The van der Waals surface area contributed by atoms with Crippen LogP contribution in [0.15, 0.2) is 123 Å². The Morgan fingerprint density at radius 1 is 0.641 bits per heavy atom. The van der Waals surface area contributed by atoms with Crippen LogP contribution in [-0.2, 0) is 19.7 Å². The molecule has 0 aromatic heterocycles. The normalized spacial score (nSPS) is 37.4. The molecule has 0 saturated heterocycles. The van der Waals surface area contributed by atoms with E-state index in [1.165, 1.54) is 0 Å². The van der Waals surface area contributed by atoms with Gasteiger partial charge < -0.3 is 0 Å². The molecular weight excluding hydrogens is 530 g/mol. The van der Waals surface area contributed by atoms with Gasteiger partial charge in [0.05, 0.1) is 26.0 Å². The summed E-state index contributed by atoms with van der Waals surface area (Å²) in [4.78, 5) is 0.320. The summed E-state index contributed by atoms with van der Waals surface area (Å²) in [6, 6.07) is 26.4. The zero-order chi connectivity index (χ0) is 26.6. The van der Waals surface area contributed by atoms with Gasteiger partial charge in [0.15, 0.2) is 19.7 Å². The van der Waals surface area contributed by atoms with Crippen LogP contribution in [0.4, 0.5) is 5.69 Å². The van der Waals surface area contributed by atoms with Crippen molar-refractivity contribution in [3.63, 3.8) is 0 Å². The fourth-order valence-corrected chi connectivity index (χ4v) is 14.2. The molecule has 9 heteroatoms. The van der Waals surface area contributed by atoms with Crippen molar-refractivity contribution in [2.24, 2.45) is 34.0 Å². The minimum Gasteiger partial charge on any atom is -0.238 e. The molecule has 0 radical (unpaired) electrons. The zero-order valence-corrected chi connectivity index (χ0v) is 22.6. The first-order chi connectivity index (χ1) is 18.8. The van der Waals surface area contributed by atoms with E-state index in [0.717, 1.165) is 12.1 Å². The lowest BCUT2D eigenvalue weighted by Crippen LogP contribution is -2.71. The predicted octanol–water partition coefficient (Wildman–Crippen LogP) is 4.89. The summed E-state index contributed by atoms with van der Waals surface area (Å²) < 4.78 is 58.1. The monoisotopic (exact) mass is 557 g/mol. The van der Waals surface area contributed by atoms with Gasteiger partial charge in [-0.3, -0.25) is 0 Å². The lowest BCUT2D eigenvalue weighted by Gasteiger charge is -2.54. The minimum atomic E-state index is -4.03. The molecule has 3 aromatic rings. The Kier molecular flexibility index (Phi) is 4.63. The highest BCUT2D eigenvalue weighted by molar-refractivity contribution is 7.96. The van der Waals surface area contributed by atoms with Crippen LogP contribution in [0.1, 0.15) is 12.8 Å². The maximum Gasteiger partial charge on any atom is 0.182 e. The molecule has 1 heterocycles. The SMILES string of the molecule is O=S(=O)(c1ccccc1)[C@@H]1[C@H](S(=O)(=O)c2ccccc2)[C@H]2C[C@@H]1[C@@]13[C@H]4C=C[C@@H](C4)[C@]21N=NN3c1ccccc1. The maximum absolute atomic E-state index is 14.6. The molecule has 39 heavy (non-hydrogen) atoms. The number of nitrogens with zero attached hydrogens (tertiary/aromatic N) is 3. The van der Waals surface area contributed by atoms with Crippen molar-refractivity contribution >= 4 is 25.4 Å². The summed E-state index contributed by atoms with van der Waals surface area (Å²) in [6.07, 6.45) is 5.67. The quantitative estimate of drug-likeness (QED) is 0.416. The predicted molar refractivity (Wildman–Crippen MR) is 146 cm³/mol. The Hall–Kier alpha value is -3.30. The number of sulfone groups is 2. The molecule has 5 aliphatic rings. The second-order valence-corrected chi connectivity index (χ2v) is 15.6. The first-order valence-corrected chi connectivity index (χ1v) is 16.5. The Morgan fingerprint density at radius 3 is 1.74 bits per heavy atom. The van der Waals surface area contributed by atoms with Gasteiger partial charge in [0.2, 0.25) is 0 Å². The maximum atomic E-state index is 14.6. The minimum absolute atomic E-state index is 0.0174. The van der Waals surface area contributed by atoms with Crippen molar-refractivity contribution in [2.45, 2.75) is 44.2 Å². The third kappa shape index (κ3) is 2.63. The summed E-state index contributed by atoms with van der Waals surface area (Å²) in [5.74, 6) is -0.898. The lowest BCUT2D eigenvalue weighted by atomic mass is 9.61. The van der Waals surface area contributed by atoms with Gasteiger partial charge in [-0.15, -0.1) is 0 Å². The summed E-state index contributed by atoms with van der Waals surface area (Å²) in [5.41, 5.74) is -0.662. The summed E-state index contributed by atoms with van der Waals surface area (Å²) in [5, 5.41) is 9.46. The molecule has 0 unspecified atom stereocenters. The van der Waals surface area contributed by atoms with Crippen LogP contribution in [0.3, 0.4) is 0 Å². The van der Waals surface area contributed by atoms with E-state index in [-0.39, 0.29) is 21.6 Å². The van der Waals surface area contributed by atoms with E-state index in [1.807, 2.05) is 35.3 Å². The third-order valence-corrected chi connectivity index (χ3v) is 14.8. The van der Waals surface area contributed by atoms with Crippen LogP contribution in [0.2, 0.25) is 0 Å². The zero-order valence-electron chi connectivity index (χ0n) is 21.0. The van der Waals surface area contributed by atoms with E-state index in [2.05, 4.69) is 12.2 Å². The number of fused-ring (bicyclic) bond motifs is 4. The lowest BCUT2D eigenvalue weighted by molar-refractivity contribution is 0.144. The number of benzene rings is 3. The van der Waals surface area contributed by atoms with Crippen molar-refractivity contribution in [3.05, 3.63) is 103 Å². The van der Waals surface area contributed by atoms with Gasteiger partial charge in [0, 0.05) is 23.7 Å². The molecule has 0 N–H and O–H groups in total. The first-order valence-electron chi connectivity index (χ1n) is 13.4. The molecule has 4 aliphatic carbocycles. The largest absolute Gasteiger partial charge is 0.238 e. The molecule has 198 valence electrons. The second-order valence-electron chi connectivity index (χ2n) is 11.4. The number of hydrogen-bond donors (Lipinski definition) is 0. The summed E-state index contributed by atoms with van der Waals surface area (Å²) in [6.45, 7) is 0. The third-order valence-electron chi connectivity index (χ3n) is 10.1. The van der Waals surface area contributed by atoms with Crippen molar-refractivity contribution in [3.8, 4) is 0 Å².